The smallest absolute Gasteiger partial charge is 0.317 e. The van der Waals surface area contributed by atoms with Crippen molar-refractivity contribution in [2.75, 3.05) is 26.7 Å². The molecule has 4 rings (SSSR count). The minimum absolute atomic E-state index is 0.0526. The lowest BCUT2D eigenvalue weighted by Gasteiger charge is -2.33. The summed E-state index contributed by atoms with van der Waals surface area (Å²) in [4.78, 5) is 17.0. The predicted molar refractivity (Wildman–Crippen MR) is 120 cm³/mol. The SMILES string of the molecule is CC(c1cc2ccccc2o1)N(C)C(=O)NCC1CCCN(Cc2ccccc2)C1. The summed E-state index contributed by atoms with van der Waals surface area (Å²) in [6.07, 6.45) is 2.34. The van der Waals surface area contributed by atoms with Crippen molar-refractivity contribution in [1.82, 2.24) is 15.1 Å². The Hall–Kier alpha value is -2.79. The van der Waals surface area contributed by atoms with Crippen molar-refractivity contribution in [1.29, 1.82) is 0 Å². The summed E-state index contributed by atoms with van der Waals surface area (Å²) < 4.78 is 5.94. The number of carbonyl (C=O) groups excluding carboxylic acids is 1. The fourth-order valence-electron chi connectivity index (χ4n) is 4.23. The Labute approximate surface area is 178 Å². The number of rotatable bonds is 6. The number of fused-ring (bicyclic) bond motifs is 1. The first-order valence-electron chi connectivity index (χ1n) is 10.9. The Morgan fingerprint density at radius 2 is 1.97 bits per heavy atom. The zero-order valence-electron chi connectivity index (χ0n) is 17.9. The van der Waals surface area contributed by atoms with Crippen LogP contribution in [0.4, 0.5) is 4.79 Å². The lowest BCUT2D eigenvalue weighted by Crippen LogP contribution is -2.44. The van der Waals surface area contributed by atoms with Crippen molar-refractivity contribution in [3.05, 3.63) is 72.0 Å². The van der Waals surface area contributed by atoms with Crippen LogP contribution in [-0.4, -0.2) is 42.5 Å². The molecule has 1 aliphatic heterocycles. The summed E-state index contributed by atoms with van der Waals surface area (Å²) in [5.74, 6) is 1.29. The highest BCUT2D eigenvalue weighted by Gasteiger charge is 2.24. The van der Waals surface area contributed by atoms with E-state index in [4.69, 9.17) is 4.42 Å². The van der Waals surface area contributed by atoms with Gasteiger partial charge in [-0.1, -0.05) is 48.5 Å². The van der Waals surface area contributed by atoms with Crippen LogP contribution in [0.1, 0.15) is 37.1 Å². The summed E-state index contributed by atoms with van der Waals surface area (Å²) in [6.45, 7) is 5.84. The molecule has 30 heavy (non-hydrogen) atoms. The van der Waals surface area contributed by atoms with Gasteiger partial charge in [0.2, 0.25) is 0 Å². The number of furan rings is 1. The van der Waals surface area contributed by atoms with Gasteiger partial charge in [0.05, 0.1) is 6.04 Å². The number of hydrogen-bond acceptors (Lipinski definition) is 3. The maximum absolute atomic E-state index is 12.7. The van der Waals surface area contributed by atoms with Gasteiger partial charge < -0.3 is 14.6 Å². The number of urea groups is 1. The van der Waals surface area contributed by atoms with Crippen LogP contribution in [0.15, 0.2) is 65.1 Å². The summed E-state index contributed by atoms with van der Waals surface area (Å²) >= 11 is 0. The molecule has 5 heteroatoms. The number of amides is 2. The number of nitrogens with one attached hydrogen (secondary N) is 1. The molecule has 3 aromatic rings. The Morgan fingerprint density at radius 1 is 1.20 bits per heavy atom. The molecular weight excluding hydrogens is 374 g/mol. The number of hydrogen-bond donors (Lipinski definition) is 1. The summed E-state index contributed by atoms with van der Waals surface area (Å²) in [5.41, 5.74) is 2.20. The van der Waals surface area contributed by atoms with Crippen LogP contribution >= 0.6 is 0 Å². The van der Waals surface area contributed by atoms with Gasteiger partial charge in [0.25, 0.3) is 0 Å². The second-order valence-corrected chi connectivity index (χ2v) is 8.39. The van der Waals surface area contributed by atoms with Crippen LogP contribution < -0.4 is 5.32 Å². The molecule has 1 aromatic heterocycles. The van der Waals surface area contributed by atoms with Crippen molar-refractivity contribution in [3.63, 3.8) is 0 Å². The molecule has 0 aliphatic carbocycles. The van der Waals surface area contributed by atoms with Crippen LogP contribution in [0.2, 0.25) is 0 Å². The van der Waals surface area contributed by atoms with Crippen LogP contribution in [-0.2, 0) is 6.54 Å². The minimum atomic E-state index is -0.127. The summed E-state index contributed by atoms with van der Waals surface area (Å²) in [6, 6.07) is 20.4. The number of carbonyl (C=O) groups is 1. The number of nitrogens with zero attached hydrogens (tertiary/aromatic N) is 2. The third kappa shape index (κ3) is 4.85. The zero-order valence-corrected chi connectivity index (χ0v) is 17.9. The van der Waals surface area contributed by atoms with Gasteiger partial charge in [-0.15, -0.1) is 0 Å². The lowest BCUT2D eigenvalue weighted by atomic mass is 9.97. The molecule has 2 aromatic carbocycles. The van der Waals surface area contributed by atoms with E-state index in [0.29, 0.717) is 12.5 Å². The third-order valence-electron chi connectivity index (χ3n) is 6.15. The van der Waals surface area contributed by atoms with Crippen molar-refractivity contribution in [3.8, 4) is 0 Å². The zero-order chi connectivity index (χ0) is 20.9. The second kappa shape index (κ2) is 9.35. The predicted octanol–water partition coefficient (Wildman–Crippen LogP) is 5.05. The van der Waals surface area contributed by atoms with E-state index < -0.39 is 0 Å². The highest BCUT2D eigenvalue weighted by Crippen LogP contribution is 2.26. The Balaban J connectivity index is 1.29. The van der Waals surface area contributed by atoms with E-state index >= 15 is 0 Å². The number of para-hydroxylation sites is 1. The van der Waals surface area contributed by atoms with Gasteiger partial charge >= 0.3 is 6.03 Å². The molecule has 2 unspecified atom stereocenters. The first-order valence-corrected chi connectivity index (χ1v) is 10.9. The minimum Gasteiger partial charge on any atom is -0.459 e. The average Bonchev–Trinajstić information content (AvgIpc) is 3.22. The molecule has 2 heterocycles. The molecule has 1 fully saturated rings. The molecule has 0 saturated carbocycles. The largest absolute Gasteiger partial charge is 0.459 e. The summed E-state index contributed by atoms with van der Waals surface area (Å²) in [7, 11) is 1.83. The first kappa shape index (κ1) is 20.5. The molecule has 5 nitrogen and oxygen atoms in total. The van der Waals surface area contributed by atoms with Crippen molar-refractivity contribution in [2.24, 2.45) is 5.92 Å². The molecule has 0 spiro atoms. The maximum atomic E-state index is 12.7. The van der Waals surface area contributed by atoms with Crippen molar-refractivity contribution in [2.45, 2.75) is 32.4 Å². The van der Waals surface area contributed by atoms with Gasteiger partial charge in [-0.3, -0.25) is 4.90 Å². The molecule has 158 valence electrons. The molecule has 0 bridgehead atoms. The fourth-order valence-corrected chi connectivity index (χ4v) is 4.23. The average molecular weight is 406 g/mol. The second-order valence-electron chi connectivity index (χ2n) is 8.39. The van der Waals surface area contributed by atoms with E-state index in [1.165, 1.54) is 12.0 Å². The Kier molecular flexibility index (Phi) is 6.38. The van der Waals surface area contributed by atoms with E-state index in [9.17, 15) is 4.79 Å². The molecule has 2 amide bonds. The highest BCUT2D eigenvalue weighted by molar-refractivity contribution is 5.78. The molecule has 1 N–H and O–H groups in total. The van der Waals surface area contributed by atoms with Crippen LogP contribution in [0.5, 0.6) is 0 Å². The topological polar surface area (TPSA) is 48.7 Å². The summed E-state index contributed by atoms with van der Waals surface area (Å²) in [5, 5.41) is 4.20. The highest BCUT2D eigenvalue weighted by atomic mass is 16.3. The van der Waals surface area contributed by atoms with E-state index in [0.717, 1.165) is 42.8 Å². The van der Waals surface area contributed by atoms with E-state index in [2.05, 4.69) is 40.5 Å². The Morgan fingerprint density at radius 3 is 2.77 bits per heavy atom. The first-order chi connectivity index (χ1) is 14.6. The van der Waals surface area contributed by atoms with E-state index in [-0.39, 0.29) is 12.1 Å². The van der Waals surface area contributed by atoms with Crippen LogP contribution in [0, 0.1) is 5.92 Å². The quantitative estimate of drug-likeness (QED) is 0.624. The molecule has 1 saturated heterocycles. The van der Waals surface area contributed by atoms with Gasteiger partial charge in [-0.2, -0.15) is 0 Å². The van der Waals surface area contributed by atoms with Crippen LogP contribution in [0.3, 0.4) is 0 Å². The third-order valence-corrected chi connectivity index (χ3v) is 6.15. The molecular formula is C25H31N3O2. The van der Waals surface area contributed by atoms with Gasteiger partial charge in [0.15, 0.2) is 0 Å². The van der Waals surface area contributed by atoms with Gasteiger partial charge in [0, 0.05) is 32.1 Å². The number of likely N-dealkylation sites (tertiary alicyclic amines) is 1. The van der Waals surface area contributed by atoms with Gasteiger partial charge in [0.1, 0.15) is 11.3 Å². The number of benzene rings is 2. The number of piperidine rings is 1. The Bertz CT molecular complexity index is 936. The molecule has 0 radical (unpaired) electrons. The monoisotopic (exact) mass is 405 g/mol. The standard InChI is InChI=1S/C25H31N3O2/c1-19(24-15-22-12-6-7-13-23(22)30-24)27(2)25(29)26-16-21-11-8-14-28(18-21)17-20-9-4-3-5-10-20/h3-7,9-10,12-13,15,19,21H,8,11,14,16-18H2,1-2H3,(H,26,29). The van der Waals surface area contributed by atoms with Gasteiger partial charge in [-0.05, 0) is 49.9 Å². The van der Waals surface area contributed by atoms with E-state index in [1.807, 2.05) is 44.3 Å². The van der Waals surface area contributed by atoms with Crippen LogP contribution in [0.25, 0.3) is 11.0 Å². The fraction of sp³-hybridized carbons (Fsp3) is 0.400. The van der Waals surface area contributed by atoms with Gasteiger partial charge in [-0.25, -0.2) is 4.79 Å². The molecule has 2 atom stereocenters. The normalized spacial score (nSPS) is 18.3. The van der Waals surface area contributed by atoms with E-state index in [1.54, 1.807) is 4.90 Å². The molecule has 1 aliphatic rings. The van der Waals surface area contributed by atoms with Crippen molar-refractivity contribution < 1.29 is 9.21 Å². The van der Waals surface area contributed by atoms with Crippen molar-refractivity contribution >= 4 is 17.0 Å². The maximum Gasteiger partial charge on any atom is 0.317 e. The lowest BCUT2D eigenvalue weighted by molar-refractivity contribution is 0.157.